The van der Waals surface area contributed by atoms with Gasteiger partial charge in [-0.2, -0.15) is 0 Å². The average Bonchev–Trinajstić information content (AvgIpc) is 3.10. The van der Waals surface area contributed by atoms with Crippen LogP contribution in [0.15, 0.2) is 53.4 Å². The molecule has 1 heterocycles. The first kappa shape index (κ1) is 23.3. The third kappa shape index (κ3) is 4.75. The molecule has 0 spiro atoms. The maximum Gasteiger partial charge on any atom is 0.338 e. The highest BCUT2D eigenvalue weighted by Crippen LogP contribution is 2.36. The Morgan fingerprint density at radius 1 is 1.16 bits per heavy atom. The van der Waals surface area contributed by atoms with Crippen LogP contribution in [-0.4, -0.2) is 45.0 Å². The minimum absolute atomic E-state index is 0.0242. The molecule has 0 saturated carbocycles. The topological polar surface area (TPSA) is 122 Å². The van der Waals surface area contributed by atoms with Gasteiger partial charge < -0.3 is 10.1 Å². The summed E-state index contributed by atoms with van der Waals surface area (Å²) >= 11 is 0. The van der Waals surface area contributed by atoms with E-state index >= 15 is 0 Å². The van der Waals surface area contributed by atoms with Crippen LogP contribution in [0.2, 0.25) is 0 Å². The number of carbonyl (C=O) groups is 3. The molecule has 0 fully saturated rings. The molecule has 170 valence electrons. The summed E-state index contributed by atoms with van der Waals surface area (Å²) in [7, 11) is -3.93. The van der Waals surface area contributed by atoms with Gasteiger partial charge in [0.1, 0.15) is 0 Å². The zero-order valence-electron chi connectivity index (χ0n) is 18.0. The van der Waals surface area contributed by atoms with Crippen molar-refractivity contribution < 1.29 is 27.5 Å². The summed E-state index contributed by atoms with van der Waals surface area (Å²) in [5.74, 6) is -1.67. The number of fused-ring (bicyclic) bond motifs is 1. The van der Waals surface area contributed by atoms with Crippen LogP contribution in [0, 0.1) is 0 Å². The zero-order chi connectivity index (χ0) is 23.5. The largest absolute Gasteiger partial charge is 0.449 e. The van der Waals surface area contributed by atoms with Crippen molar-refractivity contribution in [1.82, 2.24) is 10.6 Å². The highest BCUT2D eigenvalue weighted by Gasteiger charge is 2.36. The number of para-hydroxylation sites is 1. The van der Waals surface area contributed by atoms with Crippen molar-refractivity contribution in [3.05, 3.63) is 59.7 Å². The molecule has 0 saturated heterocycles. The molecule has 1 aliphatic heterocycles. The number of rotatable bonds is 6. The van der Waals surface area contributed by atoms with E-state index in [-0.39, 0.29) is 16.5 Å². The van der Waals surface area contributed by atoms with Gasteiger partial charge in [-0.1, -0.05) is 24.3 Å². The third-order valence-corrected chi connectivity index (χ3v) is 6.92. The minimum atomic E-state index is -3.93. The summed E-state index contributed by atoms with van der Waals surface area (Å²) in [6, 6.07) is 11.8. The SMILES string of the molecule is CCNC(=O)NC(=O)C(C)OC(=O)c1cccc(S(=O)(=O)N2c3ccccc3CC2C)c1. The number of nitrogens with zero attached hydrogens (tertiary/aromatic N) is 1. The fourth-order valence-electron chi connectivity index (χ4n) is 3.50. The van der Waals surface area contributed by atoms with Crippen LogP contribution in [0.4, 0.5) is 10.5 Å². The summed E-state index contributed by atoms with van der Waals surface area (Å²) in [5.41, 5.74) is 1.53. The van der Waals surface area contributed by atoms with Gasteiger partial charge in [0.25, 0.3) is 15.9 Å². The van der Waals surface area contributed by atoms with E-state index in [9.17, 15) is 22.8 Å². The van der Waals surface area contributed by atoms with Crippen molar-refractivity contribution >= 4 is 33.6 Å². The Labute approximate surface area is 186 Å². The Bertz CT molecular complexity index is 1150. The monoisotopic (exact) mass is 459 g/mol. The molecule has 0 aromatic heterocycles. The molecule has 2 unspecified atom stereocenters. The molecule has 10 heteroatoms. The number of esters is 1. The van der Waals surface area contributed by atoms with Crippen molar-refractivity contribution in [3.63, 3.8) is 0 Å². The van der Waals surface area contributed by atoms with E-state index in [1.54, 1.807) is 19.1 Å². The number of hydrogen-bond acceptors (Lipinski definition) is 6. The molecule has 32 heavy (non-hydrogen) atoms. The lowest BCUT2D eigenvalue weighted by Crippen LogP contribution is -2.44. The number of amides is 3. The molecule has 0 bridgehead atoms. The molecular formula is C22H25N3O6S. The molecule has 2 aromatic rings. The highest BCUT2D eigenvalue weighted by atomic mass is 32.2. The number of sulfonamides is 1. The second-order valence-corrected chi connectivity index (χ2v) is 9.22. The Balaban J connectivity index is 1.78. The average molecular weight is 460 g/mol. The summed E-state index contributed by atoms with van der Waals surface area (Å²) in [4.78, 5) is 35.9. The second-order valence-electron chi connectivity index (χ2n) is 7.41. The van der Waals surface area contributed by atoms with Gasteiger partial charge >= 0.3 is 12.0 Å². The fourth-order valence-corrected chi connectivity index (χ4v) is 5.24. The molecule has 2 atom stereocenters. The zero-order valence-corrected chi connectivity index (χ0v) is 18.8. The van der Waals surface area contributed by atoms with E-state index in [4.69, 9.17) is 4.74 Å². The quantitative estimate of drug-likeness (QED) is 0.639. The van der Waals surface area contributed by atoms with E-state index in [1.165, 1.54) is 35.5 Å². The van der Waals surface area contributed by atoms with Gasteiger partial charge in [-0.25, -0.2) is 18.0 Å². The number of ether oxygens (including phenoxy) is 1. The highest BCUT2D eigenvalue weighted by molar-refractivity contribution is 7.92. The van der Waals surface area contributed by atoms with Crippen molar-refractivity contribution in [2.24, 2.45) is 0 Å². The molecule has 3 rings (SSSR count). The molecule has 1 aliphatic rings. The Morgan fingerprint density at radius 2 is 1.88 bits per heavy atom. The first-order valence-electron chi connectivity index (χ1n) is 10.2. The molecule has 2 aromatic carbocycles. The molecule has 0 aliphatic carbocycles. The molecule has 2 N–H and O–H groups in total. The summed E-state index contributed by atoms with van der Waals surface area (Å²) in [6.07, 6.45) is -0.661. The molecule has 3 amide bonds. The lowest BCUT2D eigenvalue weighted by molar-refractivity contribution is -0.127. The molecule has 0 radical (unpaired) electrons. The molecular weight excluding hydrogens is 434 g/mol. The lowest BCUT2D eigenvalue weighted by Gasteiger charge is -2.24. The number of imide groups is 1. The number of nitrogens with one attached hydrogen (secondary N) is 2. The van der Waals surface area contributed by atoms with Crippen molar-refractivity contribution in [2.75, 3.05) is 10.8 Å². The number of anilines is 1. The van der Waals surface area contributed by atoms with Crippen molar-refractivity contribution in [1.29, 1.82) is 0 Å². The van der Waals surface area contributed by atoms with Gasteiger partial charge in [0.2, 0.25) is 0 Å². The van der Waals surface area contributed by atoms with E-state index in [1.807, 2.05) is 19.1 Å². The van der Waals surface area contributed by atoms with E-state index in [2.05, 4.69) is 10.6 Å². The Hall–Kier alpha value is -3.40. The maximum atomic E-state index is 13.4. The molecule has 9 nitrogen and oxygen atoms in total. The summed E-state index contributed by atoms with van der Waals surface area (Å²) in [5, 5.41) is 4.45. The first-order chi connectivity index (χ1) is 15.1. The van der Waals surface area contributed by atoms with Crippen LogP contribution in [0.5, 0.6) is 0 Å². The van der Waals surface area contributed by atoms with Gasteiger partial charge in [-0.15, -0.1) is 0 Å². The Morgan fingerprint density at radius 3 is 2.59 bits per heavy atom. The van der Waals surface area contributed by atoms with Crippen LogP contribution in [0.1, 0.15) is 36.7 Å². The van der Waals surface area contributed by atoms with E-state index in [0.29, 0.717) is 18.7 Å². The summed E-state index contributed by atoms with van der Waals surface area (Å²) in [6.45, 7) is 5.16. The van der Waals surface area contributed by atoms with Crippen LogP contribution in [0.3, 0.4) is 0 Å². The normalized spacial score (nSPS) is 16.1. The number of carbonyl (C=O) groups excluding carboxylic acids is 3. The van der Waals surface area contributed by atoms with E-state index < -0.39 is 34.0 Å². The van der Waals surface area contributed by atoms with Crippen LogP contribution < -0.4 is 14.9 Å². The number of urea groups is 1. The number of benzene rings is 2. The number of hydrogen-bond donors (Lipinski definition) is 2. The van der Waals surface area contributed by atoms with E-state index in [0.717, 1.165) is 5.56 Å². The van der Waals surface area contributed by atoms with Gasteiger partial charge in [0, 0.05) is 12.6 Å². The van der Waals surface area contributed by atoms with Gasteiger partial charge in [0.15, 0.2) is 6.10 Å². The minimum Gasteiger partial charge on any atom is -0.449 e. The lowest BCUT2D eigenvalue weighted by atomic mass is 10.1. The van der Waals surface area contributed by atoms with Crippen molar-refractivity contribution in [2.45, 2.75) is 44.2 Å². The second kappa shape index (κ2) is 9.39. The Kier molecular flexibility index (Phi) is 6.83. The summed E-state index contributed by atoms with van der Waals surface area (Å²) < 4.78 is 33.2. The smallest absolute Gasteiger partial charge is 0.338 e. The predicted molar refractivity (Wildman–Crippen MR) is 118 cm³/mol. The van der Waals surface area contributed by atoms with Crippen molar-refractivity contribution in [3.8, 4) is 0 Å². The van der Waals surface area contributed by atoms with Gasteiger partial charge in [-0.3, -0.25) is 14.4 Å². The van der Waals surface area contributed by atoms with Gasteiger partial charge in [-0.05, 0) is 57.0 Å². The third-order valence-electron chi connectivity index (χ3n) is 5.00. The maximum absolute atomic E-state index is 13.4. The first-order valence-corrected chi connectivity index (χ1v) is 11.6. The fraction of sp³-hybridized carbons (Fsp3) is 0.318. The van der Waals surface area contributed by atoms with Crippen LogP contribution in [-0.2, 0) is 26.0 Å². The predicted octanol–water partition coefficient (Wildman–Crippen LogP) is 2.22. The van der Waals surface area contributed by atoms with Crippen LogP contribution >= 0.6 is 0 Å². The van der Waals surface area contributed by atoms with Crippen LogP contribution in [0.25, 0.3) is 0 Å². The standard InChI is InChI=1S/C22H25N3O6S/c1-4-23-22(28)24-20(26)15(3)31-21(27)17-9-7-10-18(13-17)32(29,30)25-14(2)12-16-8-5-6-11-19(16)25/h5-11,13-15H,4,12H2,1-3H3,(H2,23,24,26,28). The van der Waals surface area contributed by atoms with Gasteiger partial charge in [0.05, 0.1) is 16.1 Å².